The normalized spacial score (nSPS) is 21.7. The molecule has 0 radical (unpaired) electrons. The maximum absolute atomic E-state index is 13.3. The van der Waals surface area contributed by atoms with E-state index in [4.69, 9.17) is 14.5 Å². The molecule has 1 unspecified atom stereocenters. The van der Waals surface area contributed by atoms with Crippen molar-refractivity contribution < 1.29 is 14.3 Å². The minimum atomic E-state index is -0.244. The molecule has 1 N–H and O–H groups in total. The lowest BCUT2D eigenvalue weighted by Crippen LogP contribution is -2.36. The van der Waals surface area contributed by atoms with E-state index in [-0.39, 0.29) is 24.0 Å². The second-order valence-corrected chi connectivity index (χ2v) is 8.77. The van der Waals surface area contributed by atoms with Gasteiger partial charge in [0.15, 0.2) is 17.3 Å². The van der Waals surface area contributed by atoms with Gasteiger partial charge in [0.25, 0.3) is 0 Å². The van der Waals surface area contributed by atoms with Crippen LogP contribution in [0.4, 0.5) is 5.95 Å². The molecule has 6 nitrogen and oxygen atoms in total. The van der Waals surface area contributed by atoms with E-state index >= 15 is 0 Å². The number of carbonyl (C=O) groups is 1. The van der Waals surface area contributed by atoms with Crippen molar-refractivity contribution in [1.29, 1.82) is 0 Å². The number of hydrogen-bond acceptors (Lipinski definition) is 5. The summed E-state index contributed by atoms with van der Waals surface area (Å²) in [5.41, 5.74) is 4.65. The zero-order valence-electron chi connectivity index (χ0n) is 16.4. The number of nitrogens with zero attached hydrogens (tertiary/aromatic N) is 2. The number of rotatable bonds is 1. The Morgan fingerprint density at radius 3 is 2.83 bits per heavy atom. The van der Waals surface area contributed by atoms with Gasteiger partial charge in [-0.15, -0.1) is 0 Å². The average Bonchev–Trinajstić information content (AvgIpc) is 3.28. The highest BCUT2D eigenvalue weighted by Gasteiger charge is 2.41. The molecule has 1 atom stereocenters. The average molecular weight is 387 g/mol. The van der Waals surface area contributed by atoms with Gasteiger partial charge in [-0.05, 0) is 41.7 Å². The Morgan fingerprint density at radius 2 is 1.93 bits per heavy atom. The Hall–Kier alpha value is -3.28. The Labute approximate surface area is 168 Å². The Morgan fingerprint density at radius 1 is 1.10 bits per heavy atom. The van der Waals surface area contributed by atoms with Crippen LogP contribution in [-0.4, -0.2) is 22.1 Å². The molecule has 1 aliphatic carbocycles. The summed E-state index contributed by atoms with van der Waals surface area (Å²) in [6.45, 7) is 4.51. The molecule has 2 aliphatic heterocycles. The number of nitrogens with one attached hydrogen (secondary N) is 1. The summed E-state index contributed by atoms with van der Waals surface area (Å²) in [6, 6.07) is 13.7. The number of imidazole rings is 1. The number of ketones is 1. The first kappa shape index (κ1) is 16.7. The summed E-state index contributed by atoms with van der Waals surface area (Å²) in [7, 11) is 0. The number of fused-ring (bicyclic) bond motifs is 4. The fourth-order valence-electron chi connectivity index (χ4n) is 4.82. The highest BCUT2D eigenvalue weighted by molar-refractivity contribution is 6.01. The van der Waals surface area contributed by atoms with Crippen LogP contribution in [0.5, 0.6) is 11.5 Å². The third-order valence-corrected chi connectivity index (χ3v) is 6.02. The van der Waals surface area contributed by atoms with Gasteiger partial charge in [-0.25, -0.2) is 4.98 Å². The molecule has 0 amide bonds. The Balaban J connectivity index is 1.62. The van der Waals surface area contributed by atoms with E-state index in [0.717, 1.165) is 51.7 Å². The highest BCUT2D eigenvalue weighted by Crippen LogP contribution is 2.48. The topological polar surface area (TPSA) is 65.4 Å². The standard InChI is InChI=1S/C23H21N3O3/c1-23(2)10-15-20(17(27)11-23)21(13-7-8-18-19(9-13)29-12-28-18)26-16-6-4-3-5-14(16)24-22(26)25-15/h3-9,21H,10-12H2,1-2H3,(H,24,25). The molecular formula is C23H21N3O3. The number of anilines is 1. The minimum Gasteiger partial charge on any atom is -0.454 e. The molecule has 2 aromatic carbocycles. The molecule has 3 aromatic rings. The number of ether oxygens (including phenoxy) is 2. The van der Waals surface area contributed by atoms with Crippen molar-refractivity contribution in [3.8, 4) is 11.5 Å². The summed E-state index contributed by atoms with van der Waals surface area (Å²) in [5, 5.41) is 3.48. The Kier molecular flexibility index (Phi) is 3.23. The third-order valence-electron chi connectivity index (χ3n) is 6.02. The van der Waals surface area contributed by atoms with Gasteiger partial charge >= 0.3 is 0 Å². The van der Waals surface area contributed by atoms with Crippen LogP contribution >= 0.6 is 0 Å². The van der Waals surface area contributed by atoms with E-state index < -0.39 is 0 Å². The van der Waals surface area contributed by atoms with Gasteiger partial charge in [0.1, 0.15) is 0 Å². The first-order chi connectivity index (χ1) is 14.0. The van der Waals surface area contributed by atoms with Crippen molar-refractivity contribution in [3.63, 3.8) is 0 Å². The zero-order valence-corrected chi connectivity index (χ0v) is 16.4. The maximum atomic E-state index is 13.3. The summed E-state index contributed by atoms with van der Waals surface area (Å²) >= 11 is 0. The van der Waals surface area contributed by atoms with Gasteiger partial charge in [0.05, 0.1) is 17.1 Å². The monoisotopic (exact) mass is 387 g/mol. The molecule has 0 saturated carbocycles. The lowest BCUT2D eigenvalue weighted by Gasteiger charge is -2.39. The lowest BCUT2D eigenvalue weighted by atomic mass is 9.73. The van der Waals surface area contributed by atoms with Crippen LogP contribution in [0, 0.1) is 5.41 Å². The van der Waals surface area contributed by atoms with Gasteiger partial charge in [0.2, 0.25) is 12.7 Å². The van der Waals surface area contributed by atoms with E-state index in [1.54, 1.807) is 0 Å². The van der Waals surface area contributed by atoms with Crippen molar-refractivity contribution in [3.05, 3.63) is 59.3 Å². The van der Waals surface area contributed by atoms with Crippen molar-refractivity contribution in [2.45, 2.75) is 32.7 Å². The van der Waals surface area contributed by atoms with E-state index in [2.05, 4.69) is 29.8 Å². The molecule has 146 valence electrons. The molecule has 0 fully saturated rings. The van der Waals surface area contributed by atoms with Crippen molar-refractivity contribution in [2.75, 3.05) is 12.1 Å². The number of Topliss-reactive ketones (excluding diaryl/α,β-unsaturated/α-hetero) is 1. The summed E-state index contributed by atoms with van der Waals surface area (Å²) in [5.74, 6) is 2.43. The van der Waals surface area contributed by atoms with Gasteiger partial charge in [-0.1, -0.05) is 32.0 Å². The molecule has 29 heavy (non-hydrogen) atoms. The van der Waals surface area contributed by atoms with Gasteiger partial charge in [0, 0.05) is 17.7 Å². The first-order valence-corrected chi connectivity index (χ1v) is 9.90. The largest absolute Gasteiger partial charge is 0.454 e. The first-order valence-electron chi connectivity index (χ1n) is 9.90. The Bertz CT molecular complexity index is 1220. The van der Waals surface area contributed by atoms with Crippen molar-refractivity contribution in [1.82, 2.24) is 9.55 Å². The van der Waals surface area contributed by atoms with E-state index in [1.807, 2.05) is 36.4 Å². The number of para-hydroxylation sites is 2. The van der Waals surface area contributed by atoms with Crippen LogP contribution in [0.1, 0.15) is 38.3 Å². The fourth-order valence-corrected chi connectivity index (χ4v) is 4.82. The van der Waals surface area contributed by atoms with Gasteiger partial charge in [-0.3, -0.25) is 9.36 Å². The molecule has 6 heteroatoms. The minimum absolute atomic E-state index is 0.0729. The summed E-state index contributed by atoms with van der Waals surface area (Å²) in [6.07, 6.45) is 1.36. The van der Waals surface area contributed by atoms with Gasteiger partial charge < -0.3 is 14.8 Å². The zero-order chi connectivity index (χ0) is 19.8. The summed E-state index contributed by atoms with van der Waals surface area (Å²) < 4.78 is 13.2. The van der Waals surface area contributed by atoms with Crippen LogP contribution in [0.25, 0.3) is 11.0 Å². The van der Waals surface area contributed by atoms with Crippen LogP contribution in [0.15, 0.2) is 53.7 Å². The quantitative estimate of drug-likeness (QED) is 0.669. The summed E-state index contributed by atoms with van der Waals surface area (Å²) in [4.78, 5) is 18.2. The van der Waals surface area contributed by atoms with Crippen LogP contribution in [-0.2, 0) is 4.79 Å². The van der Waals surface area contributed by atoms with Gasteiger partial charge in [-0.2, -0.15) is 0 Å². The molecule has 0 spiro atoms. The predicted octanol–water partition coefficient (Wildman–Crippen LogP) is 4.42. The molecule has 6 rings (SSSR count). The third kappa shape index (κ3) is 2.41. The maximum Gasteiger partial charge on any atom is 0.231 e. The van der Waals surface area contributed by atoms with Crippen LogP contribution in [0.2, 0.25) is 0 Å². The SMILES string of the molecule is CC1(C)CC(=O)C2=C(C1)Nc1nc3ccccc3n1C2c1ccc2c(c1)OCO2. The predicted molar refractivity (Wildman–Crippen MR) is 109 cm³/mol. The molecule has 3 heterocycles. The number of allylic oxidation sites excluding steroid dienone is 2. The fraction of sp³-hybridized carbons (Fsp3) is 0.304. The second kappa shape index (κ2) is 5.63. The van der Waals surface area contributed by atoms with Crippen LogP contribution < -0.4 is 14.8 Å². The molecule has 1 aromatic heterocycles. The highest BCUT2D eigenvalue weighted by atomic mass is 16.7. The van der Waals surface area contributed by atoms with Crippen molar-refractivity contribution >= 4 is 22.8 Å². The second-order valence-electron chi connectivity index (χ2n) is 8.77. The number of benzene rings is 2. The van der Waals surface area contributed by atoms with Crippen molar-refractivity contribution in [2.24, 2.45) is 5.41 Å². The molecule has 0 bridgehead atoms. The molecule has 3 aliphatic rings. The molecular weight excluding hydrogens is 366 g/mol. The number of hydrogen-bond donors (Lipinski definition) is 1. The number of carbonyl (C=O) groups excluding carboxylic acids is 1. The number of aromatic nitrogens is 2. The smallest absolute Gasteiger partial charge is 0.231 e. The van der Waals surface area contributed by atoms with Crippen LogP contribution in [0.3, 0.4) is 0 Å². The van der Waals surface area contributed by atoms with E-state index in [0.29, 0.717) is 6.42 Å². The van der Waals surface area contributed by atoms with E-state index in [9.17, 15) is 4.79 Å². The van der Waals surface area contributed by atoms with E-state index in [1.165, 1.54) is 0 Å². The lowest BCUT2D eigenvalue weighted by molar-refractivity contribution is -0.118. The molecule has 0 saturated heterocycles.